The lowest BCUT2D eigenvalue weighted by Gasteiger charge is -2.13. The predicted molar refractivity (Wildman–Crippen MR) is 152 cm³/mol. The minimum absolute atomic E-state index is 0.0714. The first kappa shape index (κ1) is 29.0. The molecule has 0 radical (unpaired) electrons. The molecule has 3 aromatic rings. The molecule has 0 aliphatic heterocycles. The molecule has 1 aromatic heterocycles. The van der Waals surface area contributed by atoms with Gasteiger partial charge in [-0.25, -0.2) is 9.59 Å². The molecule has 0 atom stereocenters. The number of unbranched alkanes of at least 4 members (excludes halogenated alkanes) is 7. The molecule has 0 unspecified atom stereocenters. The molecule has 6 heteroatoms. The first-order valence-corrected chi connectivity index (χ1v) is 13.9. The molecule has 204 valence electrons. The molecule has 0 saturated heterocycles. The maximum absolute atomic E-state index is 12.9. The van der Waals surface area contributed by atoms with E-state index in [-0.39, 0.29) is 17.1 Å². The lowest BCUT2D eigenvalue weighted by Crippen LogP contribution is -2.15. The van der Waals surface area contributed by atoms with Crippen LogP contribution in [0.4, 0.5) is 0 Å². The lowest BCUT2D eigenvalue weighted by atomic mass is 10.1. The van der Waals surface area contributed by atoms with Gasteiger partial charge in [0, 0.05) is 6.07 Å². The van der Waals surface area contributed by atoms with Crippen molar-refractivity contribution in [1.82, 2.24) is 0 Å². The van der Waals surface area contributed by atoms with Gasteiger partial charge in [0.1, 0.15) is 11.3 Å². The number of rotatable bonds is 17. The molecule has 0 saturated carbocycles. The van der Waals surface area contributed by atoms with Crippen molar-refractivity contribution in [3.63, 3.8) is 0 Å². The second-order valence-corrected chi connectivity index (χ2v) is 9.30. The second-order valence-electron chi connectivity index (χ2n) is 9.30. The Bertz CT molecular complexity index is 1210. The van der Waals surface area contributed by atoms with Crippen molar-refractivity contribution in [1.29, 1.82) is 0 Å². The van der Waals surface area contributed by atoms with E-state index in [4.69, 9.17) is 18.6 Å². The number of carbonyl (C=O) groups excluding carboxylic acids is 1. The van der Waals surface area contributed by atoms with E-state index < -0.39 is 11.6 Å². The average Bonchev–Trinajstić information content (AvgIpc) is 2.93. The summed E-state index contributed by atoms with van der Waals surface area (Å²) >= 11 is 0. The van der Waals surface area contributed by atoms with Crippen LogP contribution in [0.3, 0.4) is 0 Å². The molecular weight excluding hydrogens is 480 g/mol. The number of hydrogen-bond acceptors (Lipinski definition) is 6. The Kier molecular flexibility index (Phi) is 12.5. The molecule has 0 N–H and O–H groups in total. The van der Waals surface area contributed by atoms with Gasteiger partial charge in [-0.05, 0) is 43.5 Å². The van der Waals surface area contributed by atoms with Gasteiger partial charge in [-0.3, -0.25) is 0 Å². The van der Waals surface area contributed by atoms with Gasteiger partial charge >= 0.3 is 11.6 Å². The van der Waals surface area contributed by atoms with Crippen molar-refractivity contribution in [2.45, 2.75) is 78.1 Å². The van der Waals surface area contributed by atoms with Gasteiger partial charge < -0.3 is 18.6 Å². The molecule has 6 nitrogen and oxygen atoms in total. The summed E-state index contributed by atoms with van der Waals surface area (Å²) < 4.78 is 23.0. The van der Waals surface area contributed by atoms with Crippen LogP contribution in [0.25, 0.3) is 11.0 Å². The standard InChI is InChI=1S/C32H40O6/c1-3-5-7-9-10-11-12-17-23-36-30-29(38-31(33)25-18-14-13-15-19-25)27-21-20-26(24-28(27)37-32(30)34)35-22-16-8-6-4-2/h6,8,13-15,18-21,24H,3-5,7,9-12,16-17,22-23H2,1-2H3. The van der Waals surface area contributed by atoms with Gasteiger partial charge in [0.25, 0.3) is 0 Å². The third-order valence-electron chi connectivity index (χ3n) is 6.20. The largest absolute Gasteiger partial charge is 0.493 e. The molecule has 0 bridgehead atoms. The first-order chi connectivity index (χ1) is 18.6. The van der Waals surface area contributed by atoms with Crippen molar-refractivity contribution >= 4 is 16.9 Å². The molecule has 0 spiro atoms. The van der Waals surface area contributed by atoms with Crippen LogP contribution in [0, 0.1) is 0 Å². The highest BCUT2D eigenvalue weighted by Gasteiger charge is 2.22. The monoisotopic (exact) mass is 520 g/mol. The minimum atomic E-state index is -0.684. The Balaban J connectivity index is 1.75. The quantitative estimate of drug-likeness (QED) is 0.0772. The van der Waals surface area contributed by atoms with Gasteiger partial charge in [-0.2, -0.15) is 0 Å². The lowest BCUT2D eigenvalue weighted by molar-refractivity contribution is 0.0729. The average molecular weight is 521 g/mol. The SMILES string of the molecule is CCC=CCCOc1ccc2c(OC(=O)c3ccccc3)c(OCCCCCCCCCC)c(=O)oc2c1. The van der Waals surface area contributed by atoms with Crippen LogP contribution in [0.1, 0.15) is 88.4 Å². The highest BCUT2D eigenvalue weighted by Crippen LogP contribution is 2.35. The summed E-state index contributed by atoms with van der Waals surface area (Å²) in [6.45, 7) is 5.14. The van der Waals surface area contributed by atoms with Crippen LogP contribution in [0.5, 0.6) is 17.2 Å². The molecule has 0 amide bonds. The van der Waals surface area contributed by atoms with E-state index in [0.717, 1.165) is 32.1 Å². The van der Waals surface area contributed by atoms with Crippen LogP contribution in [-0.4, -0.2) is 19.2 Å². The van der Waals surface area contributed by atoms with Gasteiger partial charge in [0.15, 0.2) is 5.75 Å². The highest BCUT2D eigenvalue weighted by molar-refractivity contribution is 5.95. The second kappa shape index (κ2) is 16.3. The van der Waals surface area contributed by atoms with Gasteiger partial charge in [0.05, 0.1) is 24.2 Å². The first-order valence-electron chi connectivity index (χ1n) is 13.9. The van der Waals surface area contributed by atoms with Crippen LogP contribution in [0.15, 0.2) is 69.9 Å². The van der Waals surface area contributed by atoms with Crippen molar-refractivity contribution < 1.29 is 23.4 Å². The summed E-state index contributed by atoms with van der Waals surface area (Å²) in [5.74, 6) is -0.0128. The van der Waals surface area contributed by atoms with Crippen LogP contribution in [0.2, 0.25) is 0 Å². The van der Waals surface area contributed by atoms with Gasteiger partial charge in [-0.1, -0.05) is 89.1 Å². The topological polar surface area (TPSA) is 75.0 Å². The molecule has 1 heterocycles. The summed E-state index contributed by atoms with van der Waals surface area (Å²) in [5, 5.41) is 0.470. The predicted octanol–water partition coefficient (Wildman–Crippen LogP) is 8.27. The Labute approximate surface area is 225 Å². The highest BCUT2D eigenvalue weighted by atomic mass is 16.6. The van der Waals surface area contributed by atoms with Crippen molar-refractivity contribution in [3.8, 4) is 17.2 Å². The summed E-state index contributed by atoms with van der Waals surface area (Å²) in [7, 11) is 0. The summed E-state index contributed by atoms with van der Waals surface area (Å²) in [4.78, 5) is 25.8. The van der Waals surface area contributed by atoms with E-state index in [1.54, 1.807) is 42.5 Å². The van der Waals surface area contributed by atoms with Crippen molar-refractivity contribution in [2.24, 2.45) is 0 Å². The Hall–Kier alpha value is -3.54. The fraction of sp³-hybridized carbons (Fsp3) is 0.438. The van der Waals surface area contributed by atoms with Crippen molar-refractivity contribution in [2.75, 3.05) is 13.2 Å². The molecule has 38 heavy (non-hydrogen) atoms. The van der Waals surface area contributed by atoms with Crippen LogP contribution in [-0.2, 0) is 0 Å². The molecule has 0 aliphatic rings. The van der Waals surface area contributed by atoms with Crippen LogP contribution < -0.4 is 19.8 Å². The smallest absolute Gasteiger partial charge is 0.383 e. The Morgan fingerprint density at radius 2 is 1.55 bits per heavy atom. The maximum Gasteiger partial charge on any atom is 0.383 e. The van der Waals surface area contributed by atoms with E-state index >= 15 is 0 Å². The fourth-order valence-corrected chi connectivity index (χ4v) is 4.12. The Morgan fingerprint density at radius 3 is 2.29 bits per heavy atom. The third kappa shape index (κ3) is 9.09. The zero-order valence-electron chi connectivity index (χ0n) is 22.7. The number of ether oxygens (including phenoxy) is 3. The van der Waals surface area contributed by atoms with Crippen molar-refractivity contribution in [3.05, 3.63) is 76.7 Å². The number of hydrogen-bond donors (Lipinski definition) is 0. The number of fused-ring (bicyclic) bond motifs is 1. The van der Waals surface area contributed by atoms with E-state index in [9.17, 15) is 9.59 Å². The zero-order chi connectivity index (χ0) is 27.0. The number of esters is 1. The Morgan fingerprint density at radius 1 is 0.816 bits per heavy atom. The van der Waals surface area contributed by atoms with E-state index in [2.05, 4.69) is 26.0 Å². The fourth-order valence-electron chi connectivity index (χ4n) is 4.12. The molecule has 0 aliphatic carbocycles. The molecule has 2 aromatic carbocycles. The molecular formula is C32H40O6. The van der Waals surface area contributed by atoms with Gasteiger partial charge in [-0.15, -0.1) is 0 Å². The summed E-state index contributed by atoms with van der Waals surface area (Å²) in [5.41, 5.74) is -0.0363. The molecule has 0 fully saturated rings. The summed E-state index contributed by atoms with van der Waals surface area (Å²) in [6, 6.07) is 13.8. The maximum atomic E-state index is 12.9. The minimum Gasteiger partial charge on any atom is -0.493 e. The zero-order valence-corrected chi connectivity index (χ0v) is 22.7. The number of benzene rings is 2. The third-order valence-corrected chi connectivity index (χ3v) is 6.20. The van der Waals surface area contributed by atoms with E-state index in [1.165, 1.54) is 32.1 Å². The van der Waals surface area contributed by atoms with E-state index in [0.29, 0.717) is 29.9 Å². The summed E-state index contributed by atoms with van der Waals surface area (Å²) in [6.07, 6.45) is 15.1. The molecule has 3 rings (SSSR count). The van der Waals surface area contributed by atoms with E-state index in [1.807, 2.05) is 6.07 Å². The number of allylic oxidation sites excluding steroid dienone is 1. The number of carbonyl (C=O) groups is 1. The normalized spacial score (nSPS) is 11.2. The van der Waals surface area contributed by atoms with Crippen LogP contribution >= 0.6 is 0 Å². The van der Waals surface area contributed by atoms with Gasteiger partial charge in [0.2, 0.25) is 5.75 Å².